The largest absolute Gasteiger partial charge is 0.396 e. The van der Waals surface area contributed by atoms with Gasteiger partial charge >= 0.3 is 5.84 Å². The molecule has 0 aromatic rings. The highest BCUT2D eigenvalue weighted by atomic mass is 16.0. The summed E-state index contributed by atoms with van der Waals surface area (Å²) in [6, 6.07) is 1.11. The number of hydrogen-bond acceptors (Lipinski definition) is 1. The van der Waals surface area contributed by atoms with E-state index in [1.54, 1.807) is 0 Å². The summed E-state index contributed by atoms with van der Waals surface area (Å²) in [5.74, 6) is 4.64. The molecule has 0 aromatic heterocycles. The number of hydrazone groups is 1. The van der Waals surface area contributed by atoms with Crippen molar-refractivity contribution in [2.45, 2.75) is 81.3 Å². The molecule has 134 valence electrons. The topological polar surface area (TPSA) is 6.25 Å². The van der Waals surface area contributed by atoms with Gasteiger partial charge in [-0.15, -0.1) is 0 Å². The Morgan fingerprint density at radius 2 is 1.48 bits per heavy atom. The van der Waals surface area contributed by atoms with Crippen molar-refractivity contribution in [3.8, 4) is 0 Å². The van der Waals surface area contributed by atoms with Gasteiger partial charge in [0, 0.05) is 19.3 Å². The fourth-order valence-electron chi connectivity index (χ4n) is 5.33. The number of quaternary nitrogens is 1. The Morgan fingerprint density at radius 3 is 1.83 bits per heavy atom. The van der Waals surface area contributed by atoms with E-state index in [0.717, 1.165) is 34.8 Å². The fourth-order valence-corrected chi connectivity index (χ4v) is 5.33. The van der Waals surface area contributed by atoms with E-state index < -0.39 is 0 Å². The molecule has 3 nitrogen and oxygen atoms in total. The van der Waals surface area contributed by atoms with E-state index in [4.69, 9.17) is 0 Å². The van der Waals surface area contributed by atoms with Crippen LogP contribution in [0, 0.1) is 29.1 Å². The van der Waals surface area contributed by atoms with Crippen molar-refractivity contribution >= 4 is 5.84 Å². The van der Waals surface area contributed by atoms with E-state index in [9.17, 15) is 0 Å². The van der Waals surface area contributed by atoms with Crippen molar-refractivity contribution in [1.29, 1.82) is 0 Å². The van der Waals surface area contributed by atoms with Crippen LogP contribution in [0.3, 0.4) is 0 Å². The van der Waals surface area contributed by atoms with Crippen molar-refractivity contribution in [2.24, 2.45) is 29.1 Å². The molecule has 1 aliphatic carbocycles. The van der Waals surface area contributed by atoms with Crippen molar-refractivity contribution < 1.29 is 9.28 Å². The molecule has 1 aliphatic heterocycles. The van der Waals surface area contributed by atoms with Crippen LogP contribution in [0.25, 0.3) is 0 Å². The van der Waals surface area contributed by atoms with Gasteiger partial charge in [-0.1, -0.05) is 39.2 Å². The standard InChI is InChI=1S/C20H41N3/c1-13(2)22-19(9)23(11,14(3)4)21(22)12-20(10)17(7)15(5)16(6)18(20)8/h13-18H,12H2,1-11H3/q+2. The average Bonchev–Trinajstić information content (AvgIpc) is 2.61. The van der Waals surface area contributed by atoms with Crippen LogP contribution in [0.5, 0.6) is 0 Å². The molecule has 1 heterocycles. The zero-order valence-corrected chi connectivity index (χ0v) is 17.5. The summed E-state index contributed by atoms with van der Waals surface area (Å²) in [6.45, 7) is 25.2. The van der Waals surface area contributed by atoms with Crippen molar-refractivity contribution in [2.75, 3.05) is 13.6 Å². The molecule has 0 bridgehead atoms. The quantitative estimate of drug-likeness (QED) is 0.549. The molecular weight excluding hydrogens is 282 g/mol. The maximum absolute atomic E-state index is 2.66. The first-order valence-corrected chi connectivity index (χ1v) is 9.68. The van der Waals surface area contributed by atoms with Gasteiger partial charge < -0.3 is 0 Å². The lowest BCUT2D eigenvalue weighted by Gasteiger charge is -2.50. The minimum atomic E-state index is 0.376. The summed E-state index contributed by atoms with van der Waals surface area (Å²) in [7, 11) is 2.39. The van der Waals surface area contributed by atoms with Crippen molar-refractivity contribution in [3.05, 3.63) is 0 Å². The molecule has 0 radical (unpaired) electrons. The zero-order chi connectivity index (χ0) is 17.9. The van der Waals surface area contributed by atoms with Crippen LogP contribution in [0.1, 0.15) is 69.2 Å². The Kier molecular flexibility index (Phi) is 4.69. The summed E-state index contributed by atoms with van der Waals surface area (Å²) >= 11 is 0. The summed E-state index contributed by atoms with van der Waals surface area (Å²) in [6.07, 6.45) is 0. The van der Waals surface area contributed by atoms with Gasteiger partial charge in [0.25, 0.3) is 0 Å². The predicted octanol–water partition coefficient (Wildman–Crippen LogP) is 4.39. The average molecular weight is 324 g/mol. The Bertz CT molecular complexity index is 479. The maximum Gasteiger partial charge on any atom is 0.396 e. The first kappa shape index (κ1) is 18.8. The number of hydrogen-bond donors (Lipinski definition) is 0. The lowest BCUT2D eigenvalue weighted by atomic mass is 9.73. The van der Waals surface area contributed by atoms with E-state index in [2.05, 4.69) is 86.1 Å². The first-order valence-electron chi connectivity index (χ1n) is 9.68. The van der Waals surface area contributed by atoms with Crippen molar-refractivity contribution in [3.63, 3.8) is 0 Å². The van der Waals surface area contributed by atoms with Crippen LogP contribution in [0.2, 0.25) is 0 Å². The van der Waals surface area contributed by atoms with Gasteiger partial charge in [0.15, 0.2) is 6.04 Å². The Morgan fingerprint density at radius 1 is 1.04 bits per heavy atom. The highest BCUT2D eigenvalue weighted by Gasteiger charge is 2.63. The van der Waals surface area contributed by atoms with Crippen LogP contribution >= 0.6 is 0 Å². The monoisotopic (exact) mass is 323 g/mol. The van der Waals surface area contributed by atoms with Gasteiger partial charge in [-0.25, -0.2) is 0 Å². The lowest BCUT2D eigenvalue weighted by Crippen LogP contribution is -2.80. The summed E-state index contributed by atoms with van der Waals surface area (Å²) in [5.41, 5.74) is 0.376. The van der Waals surface area contributed by atoms with Crippen LogP contribution in [0.4, 0.5) is 0 Å². The van der Waals surface area contributed by atoms with Crippen molar-refractivity contribution in [1.82, 2.24) is 5.12 Å². The minimum absolute atomic E-state index is 0.376. The van der Waals surface area contributed by atoms with E-state index in [1.165, 1.54) is 5.84 Å². The third-order valence-corrected chi connectivity index (χ3v) is 8.18. The van der Waals surface area contributed by atoms with Gasteiger partial charge in [0.2, 0.25) is 0 Å². The Labute approximate surface area is 144 Å². The van der Waals surface area contributed by atoms with E-state index in [1.807, 2.05) is 0 Å². The molecule has 0 saturated heterocycles. The fraction of sp³-hybridized carbons (Fsp3) is 0.950. The van der Waals surface area contributed by atoms with E-state index >= 15 is 0 Å². The summed E-state index contributed by atoms with van der Waals surface area (Å²) in [4.78, 5) is 0. The molecular formula is C20H41N3+2. The second-order valence-electron chi connectivity index (χ2n) is 9.44. The van der Waals surface area contributed by atoms with Crippen LogP contribution in [0.15, 0.2) is 0 Å². The SMILES string of the molecule is CC1=[N+](C(C)C)N(CC2(C)C(C)C(C)C(C)C2C)[N+]1(C)C(C)C. The van der Waals surface area contributed by atoms with Crippen LogP contribution in [-0.4, -0.2) is 45.9 Å². The molecule has 2 rings (SSSR count). The summed E-state index contributed by atoms with van der Waals surface area (Å²) < 4.78 is 3.51. The molecule has 23 heavy (non-hydrogen) atoms. The van der Waals surface area contributed by atoms with E-state index in [-0.39, 0.29) is 0 Å². The second kappa shape index (κ2) is 5.75. The van der Waals surface area contributed by atoms with Crippen LogP contribution in [-0.2, 0) is 0 Å². The molecule has 1 saturated carbocycles. The summed E-state index contributed by atoms with van der Waals surface area (Å²) in [5, 5.41) is 2.66. The molecule has 2 aliphatic rings. The highest BCUT2D eigenvalue weighted by Crippen LogP contribution is 2.54. The van der Waals surface area contributed by atoms with Gasteiger partial charge in [-0.05, 0) is 47.3 Å². The molecule has 5 atom stereocenters. The first-order chi connectivity index (χ1) is 10.4. The number of nitrogens with zero attached hydrogens (tertiary/aromatic N) is 3. The zero-order valence-electron chi connectivity index (χ0n) is 17.5. The van der Waals surface area contributed by atoms with Gasteiger partial charge in [-0.2, -0.15) is 0 Å². The minimum Gasteiger partial charge on any atom is -0.0912 e. The molecule has 0 spiro atoms. The molecule has 5 unspecified atom stereocenters. The highest BCUT2D eigenvalue weighted by molar-refractivity contribution is 5.68. The predicted molar refractivity (Wildman–Crippen MR) is 98.9 cm³/mol. The Hall–Kier alpha value is -0.570. The van der Waals surface area contributed by atoms with Gasteiger partial charge in [0.1, 0.15) is 19.6 Å². The Balaban J connectivity index is 2.38. The normalized spacial score (nSPS) is 44.5. The molecule has 1 fully saturated rings. The van der Waals surface area contributed by atoms with Gasteiger partial charge in [-0.3, -0.25) is 0 Å². The number of amidine groups is 1. The third-order valence-electron chi connectivity index (χ3n) is 8.18. The van der Waals surface area contributed by atoms with E-state index in [0.29, 0.717) is 17.5 Å². The lowest BCUT2D eigenvalue weighted by molar-refractivity contribution is -1.17. The smallest absolute Gasteiger partial charge is 0.0912 e. The maximum atomic E-state index is 2.66. The molecule has 0 aromatic carbocycles. The number of rotatable bonds is 4. The molecule has 3 heteroatoms. The van der Waals surface area contributed by atoms with Crippen LogP contribution < -0.4 is 0 Å². The molecule has 0 amide bonds. The second-order valence-corrected chi connectivity index (χ2v) is 9.44. The number of hydrazine groups is 1. The molecule has 0 N–H and O–H groups in total. The third kappa shape index (κ3) is 2.37. The van der Waals surface area contributed by atoms with Gasteiger partial charge in [0.05, 0.1) is 6.92 Å².